The van der Waals surface area contributed by atoms with Crippen LogP contribution in [-0.4, -0.2) is 38.1 Å². The molecule has 0 radical (unpaired) electrons. The number of hydrogen-bond donors (Lipinski definition) is 1. The van der Waals surface area contributed by atoms with E-state index in [4.69, 9.17) is 0 Å². The van der Waals surface area contributed by atoms with Gasteiger partial charge < -0.3 is 10.2 Å². The zero-order valence-corrected chi connectivity index (χ0v) is 8.64. The Labute approximate surface area is 76.6 Å². The molecule has 72 valence electrons. The first-order valence-corrected chi connectivity index (χ1v) is 4.68. The molecule has 0 aliphatic carbocycles. The number of hydrogen-bond acceptors (Lipinski definition) is 2. The Morgan fingerprint density at radius 2 is 2.25 bits per heavy atom. The fraction of sp³-hybridized carbons (Fsp3) is 0.800. The van der Waals surface area contributed by atoms with Crippen LogP contribution in [-0.2, 0) is 0 Å². The van der Waals surface area contributed by atoms with Crippen molar-refractivity contribution in [3.63, 3.8) is 0 Å². The fourth-order valence-electron chi connectivity index (χ4n) is 1.16. The Bertz CT molecular complexity index is 112. The number of likely N-dealkylation sites (N-methyl/N-ethyl adjacent to an activating group) is 2. The predicted octanol–water partition coefficient (Wildman–Crippen LogP) is 1.49. The maximum Gasteiger partial charge on any atom is 0.0189 e. The van der Waals surface area contributed by atoms with Crippen molar-refractivity contribution >= 4 is 0 Å². The zero-order valence-electron chi connectivity index (χ0n) is 8.64. The summed E-state index contributed by atoms with van der Waals surface area (Å²) in [6.07, 6.45) is 4.32. The first-order valence-electron chi connectivity index (χ1n) is 4.68. The van der Waals surface area contributed by atoms with Gasteiger partial charge in [-0.3, -0.25) is 0 Å². The van der Waals surface area contributed by atoms with Crippen LogP contribution >= 0.6 is 0 Å². The average Bonchev–Trinajstić information content (AvgIpc) is 2.05. The Morgan fingerprint density at radius 3 is 2.75 bits per heavy atom. The van der Waals surface area contributed by atoms with Crippen molar-refractivity contribution in [3.8, 4) is 0 Å². The summed E-state index contributed by atoms with van der Waals surface area (Å²) in [7, 11) is 4.17. The van der Waals surface area contributed by atoms with Crippen LogP contribution in [0.3, 0.4) is 0 Å². The van der Waals surface area contributed by atoms with Crippen molar-refractivity contribution in [1.82, 2.24) is 10.2 Å². The molecule has 1 N–H and O–H groups in total. The Kier molecular flexibility index (Phi) is 7.11. The van der Waals surface area contributed by atoms with Gasteiger partial charge in [0.1, 0.15) is 0 Å². The van der Waals surface area contributed by atoms with Crippen LogP contribution in [0.2, 0.25) is 0 Å². The number of nitrogens with zero attached hydrogens (tertiary/aromatic N) is 1. The molecule has 0 aromatic heterocycles. The SMILES string of the molecule is C=CCCCN(C)C(C)CNC. The van der Waals surface area contributed by atoms with E-state index in [1.165, 1.54) is 6.42 Å². The number of allylic oxidation sites excluding steroid dienone is 1. The van der Waals surface area contributed by atoms with Gasteiger partial charge in [-0.25, -0.2) is 0 Å². The van der Waals surface area contributed by atoms with Gasteiger partial charge in [-0.05, 0) is 40.4 Å². The molecule has 0 aromatic rings. The molecular weight excluding hydrogens is 148 g/mol. The second-order valence-corrected chi connectivity index (χ2v) is 3.32. The molecule has 1 unspecified atom stereocenters. The molecule has 0 fully saturated rings. The molecule has 0 aromatic carbocycles. The first kappa shape index (κ1) is 11.7. The second-order valence-electron chi connectivity index (χ2n) is 3.32. The van der Waals surface area contributed by atoms with Gasteiger partial charge in [-0.15, -0.1) is 6.58 Å². The lowest BCUT2D eigenvalue weighted by atomic mass is 10.2. The van der Waals surface area contributed by atoms with Gasteiger partial charge in [-0.2, -0.15) is 0 Å². The highest BCUT2D eigenvalue weighted by Crippen LogP contribution is 1.98. The third-order valence-corrected chi connectivity index (χ3v) is 2.17. The van der Waals surface area contributed by atoms with E-state index in [2.05, 4.69) is 30.8 Å². The highest BCUT2D eigenvalue weighted by molar-refractivity contribution is 4.69. The predicted molar refractivity (Wildman–Crippen MR) is 55.4 cm³/mol. The molecule has 0 aliphatic rings. The van der Waals surface area contributed by atoms with E-state index < -0.39 is 0 Å². The third kappa shape index (κ3) is 5.33. The second kappa shape index (κ2) is 7.32. The van der Waals surface area contributed by atoms with Crippen LogP contribution in [0.1, 0.15) is 19.8 Å². The number of nitrogens with one attached hydrogen (secondary N) is 1. The van der Waals surface area contributed by atoms with Gasteiger partial charge in [0.2, 0.25) is 0 Å². The summed E-state index contributed by atoms with van der Waals surface area (Å²) < 4.78 is 0. The minimum absolute atomic E-state index is 0.625. The molecule has 0 saturated heterocycles. The van der Waals surface area contributed by atoms with E-state index in [1.807, 2.05) is 13.1 Å². The Hall–Kier alpha value is -0.340. The molecule has 0 saturated carbocycles. The minimum atomic E-state index is 0.625. The lowest BCUT2D eigenvalue weighted by Crippen LogP contribution is -2.37. The van der Waals surface area contributed by atoms with E-state index in [1.54, 1.807) is 0 Å². The van der Waals surface area contributed by atoms with Crippen LogP contribution in [0, 0.1) is 0 Å². The van der Waals surface area contributed by atoms with Crippen LogP contribution in [0.4, 0.5) is 0 Å². The van der Waals surface area contributed by atoms with Gasteiger partial charge in [0.05, 0.1) is 0 Å². The van der Waals surface area contributed by atoms with Crippen molar-refractivity contribution in [3.05, 3.63) is 12.7 Å². The monoisotopic (exact) mass is 170 g/mol. The summed E-state index contributed by atoms with van der Waals surface area (Å²) in [4.78, 5) is 2.38. The normalized spacial score (nSPS) is 13.3. The van der Waals surface area contributed by atoms with E-state index >= 15 is 0 Å². The average molecular weight is 170 g/mol. The maximum absolute atomic E-state index is 3.71. The van der Waals surface area contributed by atoms with Crippen molar-refractivity contribution in [2.24, 2.45) is 0 Å². The quantitative estimate of drug-likeness (QED) is 0.460. The third-order valence-electron chi connectivity index (χ3n) is 2.17. The van der Waals surface area contributed by atoms with Crippen LogP contribution in [0.15, 0.2) is 12.7 Å². The Balaban J connectivity index is 3.41. The summed E-state index contributed by atoms with van der Waals surface area (Å²) in [5.41, 5.74) is 0. The summed E-state index contributed by atoms with van der Waals surface area (Å²) in [5, 5.41) is 3.18. The molecule has 2 heteroatoms. The van der Waals surface area contributed by atoms with Crippen LogP contribution < -0.4 is 5.32 Å². The highest BCUT2D eigenvalue weighted by atomic mass is 15.1. The van der Waals surface area contributed by atoms with Crippen molar-refractivity contribution in [2.75, 3.05) is 27.2 Å². The van der Waals surface area contributed by atoms with Gasteiger partial charge >= 0.3 is 0 Å². The molecule has 1 atom stereocenters. The van der Waals surface area contributed by atoms with E-state index in [-0.39, 0.29) is 0 Å². The lowest BCUT2D eigenvalue weighted by Gasteiger charge is -2.23. The summed E-state index contributed by atoms with van der Waals surface area (Å²) >= 11 is 0. The van der Waals surface area contributed by atoms with Gasteiger partial charge in [0.15, 0.2) is 0 Å². The number of unbranched alkanes of at least 4 members (excludes halogenated alkanes) is 1. The zero-order chi connectivity index (χ0) is 9.40. The van der Waals surface area contributed by atoms with E-state index in [0.717, 1.165) is 19.5 Å². The maximum atomic E-state index is 3.71. The lowest BCUT2D eigenvalue weighted by molar-refractivity contribution is 0.252. The molecule has 0 amide bonds. The van der Waals surface area contributed by atoms with Gasteiger partial charge in [0, 0.05) is 12.6 Å². The van der Waals surface area contributed by atoms with Gasteiger partial charge in [0.25, 0.3) is 0 Å². The van der Waals surface area contributed by atoms with Crippen molar-refractivity contribution < 1.29 is 0 Å². The molecule has 0 heterocycles. The Morgan fingerprint density at radius 1 is 1.58 bits per heavy atom. The molecule has 12 heavy (non-hydrogen) atoms. The minimum Gasteiger partial charge on any atom is -0.318 e. The molecular formula is C10H22N2. The summed E-state index contributed by atoms with van der Waals surface area (Å²) in [6, 6.07) is 0.625. The number of rotatable bonds is 7. The highest BCUT2D eigenvalue weighted by Gasteiger charge is 2.05. The topological polar surface area (TPSA) is 15.3 Å². The molecule has 0 aliphatic heterocycles. The van der Waals surface area contributed by atoms with Gasteiger partial charge in [-0.1, -0.05) is 6.08 Å². The molecule has 0 rings (SSSR count). The largest absolute Gasteiger partial charge is 0.318 e. The fourth-order valence-corrected chi connectivity index (χ4v) is 1.16. The summed E-state index contributed by atoms with van der Waals surface area (Å²) in [5.74, 6) is 0. The van der Waals surface area contributed by atoms with Crippen molar-refractivity contribution in [1.29, 1.82) is 0 Å². The first-order chi connectivity index (χ1) is 5.72. The molecule has 2 nitrogen and oxygen atoms in total. The standard InChI is InChI=1S/C10H22N2/c1-5-6-7-8-12(4)10(2)9-11-3/h5,10-11H,1,6-9H2,2-4H3. The smallest absolute Gasteiger partial charge is 0.0189 e. The van der Waals surface area contributed by atoms with E-state index in [0.29, 0.717) is 6.04 Å². The van der Waals surface area contributed by atoms with Crippen LogP contribution in [0.25, 0.3) is 0 Å². The molecule has 0 bridgehead atoms. The van der Waals surface area contributed by atoms with E-state index in [9.17, 15) is 0 Å². The van der Waals surface area contributed by atoms with Crippen LogP contribution in [0.5, 0.6) is 0 Å². The summed E-state index contributed by atoms with van der Waals surface area (Å²) in [6.45, 7) is 8.17. The molecule has 0 spiro atoms. The van der Waals surface area contributed by atoms with Crippen molar-refractivity contribution in [2.45, 2.75) is 25.8 Å².